The Morgan fingerprint density at radius 2 is 1.75 bits per heavy atom. The first-order valence-electron chi connectivity index (χ1n) is 11.6. The normalized spacial score (nSPS) is 24.2. The van der Waals surface area contributed by atoms with Crippen molar-refractivity contribution in [3.63, 3.8) is 0 Å². The number of nitrogens with zero attached hydrogens (tertiary/aromatic N) is 3. The van der Waals surface area contributed by atoms with E-state index in [2.05, 4.69) is 15.2 Å². The Labute approximate surface area is 194 Å². The molecule has 0 aromatic carbocycles. The third-order valence-electron chi connectivity index (χ3n) is 7.87. The molecule has 2 N–H and O–H groups in total. The van der Waals surface area contributed by atoms with Crippen LogP contribution in [0.25, 0.3) is 0 Å². The molecule has 5 rings (SSSR count). The van der Waals surface area contributed by atoms with E-state index < -0.39 is 5.60 Å². The Hall–Kier alpha value is -1.68. The van der Waals surface area contributed by atoms with Crippen LogP contribution in [0.3, 0.4) is 0 Å². The Balaban J connectivity index is 0.00000245. The van der Waals surface area contributed by atoms with Gasteiger partial charge < -0.3 is 24.6 Å². The fraction of sp³-hybridized carbons (Fsp3) is 0.773. The van der Waals surface area contributed by atoms with Gasteiger partial charge in [-0.05, 0) is 51.6 Å². The van der Waals surface area contributed by atoms with Gasteiger partial charge in [0, 0.05) is 44.3 Å². The van der Waals surface area contributed by atoms with Crippen LogP contribution in [0, 0.1) is 0 Å². The van der Waals surface area contributed by atoms with Crippen molar-refractivity contribution in [1.29, 1.82) is 0 Å². The summed E-state index contributed by atoms with van der Waals surface area (Å²) in [5.74, 6) is 0.789. The summed E-state index contributed by atoms with van der Waals surface area (Å²) in [5, 5.41) is 3.32. The molecule has 178 valence electrons. The highest BCUT2D eigenvalue weighted by Crippen LogP contribution is 2.45. The lowest BCUT2D eigenvalue weighted by atomic mass is 9.75. The number of methoxy groups -OCH3 is 1. The average molecular weight is 468 g/mol. The maximum absolute atomic E-state index is 13.4. The minimum atomic E-state index is -0.692. The van der Waals surface area contributed by atoms with Crippen LogP contribution in [0.5, 0.6) is 0 Å². The summed E-state index contributed by atoms with van der Waals surface area (Å²) in [6.45, 7) is 5.79. The number of carbonyl (C=O) groups excluding carboxylic acids is 1. The number of aromatic nitrogens is 2. The quantitative estimate of drug-likeness (QED) is 0.671. The fourth-order valence-corrected chi connectivity index (χ4v) is 5.81. The molecule has 9 nitrogen and oxygen atoms in total. The van der Waals surface area contributed by atoms with Crippen molar-refractivity contribution >= 4 is 24.3 Å². The van der Waals surface area contributed by atoms with Gasteiger partial charge in [0.1, 0.15) is 5.60 Å². The van der Waals surface area contributed by atoms with Gasteiger partial charge in [-0.3, -0.25) is 14.6 Å². The average Bonchev–Trinajstić information content (AvgIpc) is 3.18. The Morgan fingerprint density at radius 1 is 1.06 bits per heavy atom. The maximum Gasteiger partial charge on any atom is 0.255 e. The first-order chi connectivity index (χ1) is 15.1. The second-order valence-corrected chi connectivity index (χ2v) is 9.34. The third-order valence-corrected chi connectivity index (χ3v) is 7.87. The second kappa shape index (κ2) is 9.29. The summed E-state index contributed by atoms with van der Waals surface area (Å²) in [4.78, 5) is 38.2. The minimum Gasteiger partial charge on any atom is -0.378 e. The van der Waals surface area contributed by atoms with Crippen molar-refractivity contribution in [3.05, 3.63) is 21.6 Å². The number of carbonyl (C=O) groups is 1. The Morgan fingerprint density at radius 3 is 2.41 bits per heavy atom. The number of amides is 1. The number of piperidine rings is 2. The topological polar surface area (TPSA) is 99.8 Å². The monoisotopic (exact) mass is 467 g/mol. The summed E-state index contributed by atoms with van der Waals surface area (Å²) in [6.07, 6.45) is 4.83. The van der Waals surface area contributed by atoms with E-state index in [0.29, 0.717) is 45.1 Å². The SMILES string of the molecule is COC1(C(=O)N2CCC3(CCc4c3nc(N3CCOCC3)[nH]c4=O)CC2)CCNCC1.Cl. The number of aromatic amines is 1. The molecule has 1 amide bonds. The number of likely N-dealkylation sites (tertiary alicyclic amines) is 1. The molecule has 32 heavy (non-hydrogen) atoms. The molecule has 3 fully saturated rings. The second-order valence-electron chi connectivity index (χ2n) is 9.34. The van der Waals surface area contributed by atoms with Crippen LogP contribution in [0.15, 0.2) is 4.79 Å². The molecular weight excluding hydrogens is 434 g/mol. The Kier molecular flexibility index (Phi) is 6.81. The molecule has 4 heterocycles. The van der Waals surface area contributed by atoms with Crippen LogP contribution in [-0.4, -0.2) is 86.0 Å². The Bertz CT molecular complexity index is 887. The predicted molar refractivity (Wildman–Crippen MR) is 123 cm³/mol. The van der Waals surface area contributed by atoms with Gasteiger partial charge in [-0.25, -0.2) is 4.98 Å². The maximum atomic E-state index is 13.4. The number of nitrogens with one attached hydrogen (secondary N) is 2. The number of rotatable bonds is 3. The number of H-pyrrole nitrogens is 1. The fourth-order valence-electron chi connectivity index (χ4n) is 5.81. The number of morpholine rings is 1. The van der Waals surface area contributed by atoms with Crippen LogP contribution in [0.2, 0.25) is 0 Å². The summed E-state index contributed by atoms with van der Waals surface area (Å²) >= 11 is 0. The number of hydrogen-bond acceptors (Lipinski definition) is 7. The van der Waals surface area contributed by atoms with Crippen molar-refractivity contribution in [2.24, 2.45) is 0 Å². The van der Waals surface area contributed by atoms with Gasteiger partial charge in [0.15, 0.2) is 0 Å². The van der Waals surface area contributed by atoms with Gasteiger partial charge in [0.2, 0.25) is 5.95 Å². The number of anilines is 1. The molecule has 0 unspecified atom stereocenters. The molecule has 1 aliphatic carbocycles. The smallest absolute Gasteiger partial charge is 0.255 e. The summed E-state index contributed by atoms with van der Waals surface area (Å²) in [7, 11) is 1.66. The van der Waals surface area contributed by atoms with Gasteiger partial charge in [-0.2, -0.15) is 0 Å². The molecule has 0 atom stereocenters. The van der Waals surface area contributed by atoms with Gasteiger partial charge in [0.05, 0.1) is 18.9 Å². The molecule has 1 aromatic heterocycles. The summed E-state index contributed by atoms with van der Waals surface area (Å²) in [6, 6.07) is 0. The van der Waals surface area contributed by atoms with Crippen molar-refractivity contribution in [3.8, 4) is 0 Å². The third kappa shape index (κ3) is 3.93. The van der Waals surface area contributed by atoms with E-state index in [1.54, 1.807) is 7.11 Å². The van der Waals surface area contributed by atoms with E-state index >= 15 is 0 Å². The molecule has 3 aliphatic heterocycles. The minimum absolute atomic E-state index is 0. The lowest BCUT2D eigenvalue weighted by molar-refractivity contribution is -0.160. The highest BCUT2D eigenvalue weighted by molar-refractivity contribution is 5.86. The molecule has 0 bridgehead atoms. The zero-order chi connectivity index (χ0) is 21.5. The molecule has 3 saturated heterocycles. The molecule has 0 radical (unpaired) electrons. The van der Waals surface area contributed by atoms with Crippen LogP contribution < -0.4 is 15.8 Å². The first kappa shape index (κ1) is 23.5. The molecule has 4 aliphatic rings. The standard InChI is InChI=1S/C22H33N5O4.ClH/c1-30-22(4-8-23-9-5-22)19(29)26-10-6-21(7-11-26)3-2-16-17(21)24-20(25-18(16)28)27-12-14-31-15-13-27;/h23H,2-15H2,1H3,(H,24,25,28);1H. The van der Waals surface area contributed by atoms with Crippen molar-refractivity contribution in [2.45, 2.75) is 49.5 Å². The zero-order valence-corrected chi connectivity index (χ0v) is 19.6. The van der Waals surface area contributed by atoms with E-state index in [9.17, 15) is 9.59 Å². The van der Waals surface area contributed by atoms with E-state index in [-0.39, 0.29) is 29.3 Å². The first-order valence-corrected chi connectivity index (χ1v) is 11.6. The van der Waals surface area contributed by atoms with Gasteiger partial charge in [-0.1, -0.05) is 0 Å². The lowest BCUT2D eigenvalue weighted by Crippen LogP contribution is -2.57. The van der Waals surface area contributed by atoms with Crippen LogP contribution in [0.4, 0.5) is 5.95 Å². The van der Waals surface area contributed by atoms with Gasteiger partial charge in [-0.15, -0.1) is 12.4 Å². The number of halogens is 1. The van der Waals surface area contributed by atoms with Crippen LogP contribution in [0.1, 0.15) is 43.4 Å². The van der Waals surface area contributed by atoms with Crippen molar-refractivity contribution in [2.75, 3.05) is 64.5 Å². The van der Waals surface area contributed by atoms with Crippen molar-refractivity contribution in [1.82, 2.24) is 20.2 Å². The largest absolute Gasteiger partial charge is 0.378 e. The van der Waals surface area contributed by atoms with Crippen LogP contribution in [-0.2, 0) is 26.1 Å². The zero-order valence-electron chi connectivity index (χ0n) is 18.8. The highest BCUT2D eigenvalue weighted by Gasteiger charge is 2.48. The molecule has 1 spiro atoms. The lowest BCUT2D eigenvalue weighted by Gasteiger charge is -2.44. The highest BCUT2D eigenvalue weighted by atomic mass is 35.5. The van der Waals surface area contributed by atoms with E-state index in [1.165, 1.54) is 0 Å². The predicted octanol–water partition coefficient (Wildman–Crippen LogP) is 0.603. The number of hydrogen-bond donors (Lipinski definition) is 2. The van der Waals surface area contributed by atoms with Crippen molar-refractivity contribution < 1.29 is 14.3 Å². The van der Waals surface area contributed by atoms with Gasteiger partial charge in [0.25, 0.3) is 11.5 Å². The molecule has 1 aromatic rings. The van der Waals surface area contributed by atoms with E-state index in [1.807, 2.05) is 4.90 Å². The summed E-state index contributed by atoms with van der Waals surface area (Å²) in [5.41, 5.74) is 1.00. The van der Waals surface area contributed by atoms with E-state index in [0.717, 1.165) is 63.1 Å². The molecule has 10 heteroatoms. The van der Waals surface area contributed by atoms with Crippen LogP contribution >= 0.6 is 12.4 Å². The molecular formula is C22H34ClN5O4. The summed E-state index contributed by atoms with van der Waals surface area (Å²) < 4.78 is 11.2. The number of ether oxygens (including phenoxy) is 2. The number of fused-ring (bicyclic) bond motifs is 2. The molecule has 0 saturated carbocycles. The van der Waals surface area contributed by atoms with Gasteiger partial charge >= 0.3 is 0 Å². The van der Waals surface area contributed by atoms with E-state index in [4.69, 9.17) is 14.5 Å².